The molecule has 0 spiro atoms. The van der Waals surface area contributed by atoms with E-state index in [0.717, 1.165) is 17.8 Å². The van der Waals surface area contributed by atoms with Crippen LogP contribution >= 0.6 is 0 Å². The van der Waals surface area contributed by atoms with Gasteiger partial charge in [-0.25, -0.2) is 10.9 Å². The van der Waals surface area contributed by atoms with Crippen molar-refractivity contribution in [2.75, 3.05) is 6.61 Å². The summed E-state index contributed by atoms with van der Waals surface area (Å²) in [5.41, 5.74) is 3.43. The molecule has 15 heavy (non-hydrogen) atoms. The third-order valence-electron chi connectivity index (χ3n) is 2.69. The molecule has 2 rings (SSSR count). The largest absolute Gasteiger partial charge is 0.331 e. The van der Waals surface area contributed by atoms with Crippen molar-refractivity contribution in [1.82, 2.24) is 9.55 Å². The zero-order valence-electron chi connectivity index (χ0n) is 9.03. The minimum atomic E-state index is 0.531. The summed E-state index contributed by atoms with van der Waals surface area (Å²) in [5.74, 6) is 6.06. The Morgan fingerprint density at radius 2 is 2.27 bits per heavy atom. The Balaban J connectivity index is 2.53. The highest BCUT2D eigenvalue weighted by atomic mass is 16.6. The number of rotatable bonds is 3. The van der Waals surface area contributed by atoms with E-state index in [-0.39, 0.29) is 0 Å². The second-order valence-corrected chi connectivity index (χ2v) is 3.62. The highest BCUT2D eigenvalue weighted by Gasteiger charge is 2.07. The van der Waals surface area contributed by atoms with E-state index in [1.165, 1.54) is 11.1 Å². The summed E-state index contributed by atoms with van der Waals surface area (Å²) in [4.78, 5) is 9.08. The van der Waals surface area contributed by atoms with Gasteiger partial charge in [0.05, 0.1) is 17.6 Å². The first kappa shape index (κ1) is 10.1. The summed E-state index contributed by atoms with van der Waals surface area (Å²) in [6.07, 6.45) is 0.812. The van der Waals surface area contributed by atoms with Crippen LogP contribution in [-0.2, 0) is 18.3 Å². The van der Waals surface area contributed by atoms with Gasteiger partial charge in [-0.3, -0.25) is 0 Å². The molecule has 0 atom stereocenters. The van der Waals surface area contributed by atoms with E-state index in [2.05, 4.69) is 20.5 Å². The van der Waals surface area contributed by atoms with Crippen molar-refractivity contribution in [3.05, 3.63) is 29.6 Å². The topological polar surface area (TPSA) is 53.1 Å². The number of nitrogens with zero attached hydrogens (tertiary/aromatic N) is 2. The number of aryl methyl sites for hydroxylation is 2. The van der Waals surface area contributed by atoms with Crippen molar-refractivity contribution >= 4 is 11.0 Å². The maximum atomic E-state index is 5.04. The lowest BCUT2D eigenvalue weighted by atomic mass is 10.1. The Morgan fingerprint density at radius 3 is 3.00 bits per heavy atom. The van der Waals surface area contributed by atoms with Gasteiger partial charge >= 0.3 is 0 Å². The summed E-state index contributed by atoms with van der Waals surface area (Å²) in [6.45, 7) is 2.53. The first-order valence-corrected chi connectivity index (χ1v) is 4.96. The van der Waals surface area contributed by atoms with Crippen molar-refractivity contribution < 1.29 is 4.84 Å². The normalized spacial score (nSPS) is 11.1. The van der Waals surface area contributed by atoms with Crippen LogP contribution in [0.25, 0.3) is 11.0 Å². The number of hydrogen-bond donors (Lipinski definition) is 1. The van der Waals surface area contributed by atoms with Crippen LogP contribution in [0.1, 0.15) is 11.4 Å². The first-order chi connectivity index (χ1) is 7.24. The van der Waals surface area contributed by atoms with Crippen LogP contribution < -0.4 is 5.90 Å². The number of benzene rings is 1. The highest BCUT2D eigenvalue weighted by molar-refractivity contribution is 5.79. The van der Waals surface area contributed by atoms with Crippen LogP contribution in [0.15, 0.2) is 18.2 Å². The van der Waals surface area contributed by atoms with Crippen LogP contribution in [0, 0.1) is 6.92 Å². The van der Waals surface area contributed by atoms with Gasteiger partial charge in [-0.05, 0) is 25.0 Å². The maximum absolute atomic E-state index is 5.04. The Bertz CT molecular complexity index is 476. The van der Waals surface area contributed by atoms with Crippen LogP contribution in [0.4, 0.5) is 0 Å². The molecule has 4 nitrogen and oxygen atoms in total. The Morgan fingerprint density at radius 1 is 1.47 bits per heavy atom. The highest BCUT2D eigenvalue weighted by Crippen LogP contribution is 2.19. The molecule has 0 saturated carbocycles. The van der Waals surface area contributed by atoms with Gasteiger partial charge in [0.25, 0.3) is 0 Å². The van der Waals surface area contributed by atoms with E-state index in [1.807, 2.05) is 26.1 Å². The van der Waals surface area contributed by atoms with Crippen molar-refractivity contribution in [2.24, 2.45) is 12.9 Å². The molecule has 2 aromatic rings. The fourth-order valence-electron chi connectivity index (χ4n) is 1.84. The third kappa shape index (κ3) is 1.73. The van der Waals surface area contributed by atoms with Gasteiger partial charge in [0.15, 0.2) is 0 Å². The molecule has 0 radical (unpaired) electrons. The van der Waals surface area contributed by atoms with Gasteiger partial charge in [-0.1, -0.05) is 12.1 Å². The van der Waals surface area contributed by atoms with Crippen LogP contribution in [-0.4, -0.2) is 16.2 Å². The van der Waals surface area contributed by atoms with Crippen molar-refractivity contribution in [2.45, 2.75) is 13.3 Å². The second kappa shape index (κ2) is 4.00. The van der Waals surface area contributed by atoms with E-state index in [4.69, 9.17) is 5.90 Å². The van der Waals surface area contributed by atoms with Gasteiger partial charge in [0, 0.05) is 7.05 Å². The molecule has 0 bridgehead atoms. The van der Waals surface area contributed by atoms with Gasteiger partial charge < -0.3 is 9.40 Å². The van der Waals surface area contributed by atoms with Gasteiger partial charge in [-0.15, -0.1) is 0 Å². The Hall–Kier alpha value is -1.39. The van der Waals surface area contributed by atoms with Crippen LogP contribution in [0.3, 0.4) is 0 Å². The molecule has 80 valence electrons. The molecule has 1 aromatic carbocycles. The molecule has 0 aliphatic carbocycles. The van der Waals surface area contributed by atoms with Crippen LogP contribution in [0.5, 0.6) is 0 Å². The van der Waals surface area contributed by atoms with E-state index < -0.39 is 0 Å². The number of fused-ring (bicyclic) bond motifs is 1. The molecular weight excluding hydrogens is 190 g/mol. The fourth-order valence-corrected chi connectivity index (χ4v) is 1.84. The molecule has 2 N–H and O–H groups in total. The Labute approximate surface area is 88.6 Å². The van der Waals surface area contributed by atoms with Gasteiger partial charge in [0.2, 0.25) is 0 Å². The van der Waals surface area contributed by atoms with E-state index >= 15 is 0 Å². The smallest absolute Gasteiger partial charge is 0.106 e. The molecule has 1 heterocycles. The summed E-state index contributed by atoms with van der Waals surface area (Å²) >= 11 is 0. The lowest BCUT2D eigenvalue weighted by molar-refractivity contribution is 0.141. The lowest BCUT2D eigenvalue weighted by Gasteiger charge is -2.04. The lowest BCUT2D eigenvalue weighted by Crippen LogP contribution is -2.05. The minimum absolute atomic E-state index is 0.531. The molecule has 0 saturated heterocycles. The quantitative estimate of drug-likeness (QED) is 0.769. The van der Waals surface area contributed by atoms with Gasteiger partial charge in [0.1, 0.15) is 5.82 Å². The second-order valence-electron chi connectivity index (χ2n) is 3.62. The first-order valence-electron chi connectivity index (χ1n) is 4.96. The standard InChI is InChI=1S/C11H15N3O/c1-8-13-10-5-3-4-9(6-7-15-12)11(10)14(8)2/h3-5H,6-7,12H2,1-2H3. The number of nitrogens with two attached hydrogens (primary N) is 1. The number of aromatic nitrogens is 2. The average Bonchev–Trinajstić information content (AvgIpc) is 2.53. The Kier molecular flexibility index (Phi) is 2.70. The van der Waals surface area contributed by atoms with Crippen molar-refractivity contribution in [3.8, 4) is 0 Å². The number of para-hydroxylation sites is 1. The van der Waals surface area contributed by atoms with E-state index in [1.54, 1.807) is 0 Å². The summed E-state index contributed by atoms with van der Waals surface area (Å²) in [6, 6.07) is 6.12. The number of hydrogen-bond acceptors (Lipinski definition) is 3. The predicted molar refractivity (Wildman–Crippen MR) is 59.3 cm³/mol. The fraction of sp³-hybridized carbons (Fsp3) is 0.364. The van der Waals surface area contributed by atoms with Crippen molar-refractivity contribution in [3.63, 3.8) is 0 Å². The molecule has 0 unspecified atom stereocenters. The minimum Gasteiger partial charge on any atom is -0.331 e. The molecule has 4 heteroatoms. The summed E-state index contributed by atoms with van der Waals surface area (Å²) in [7, 11) is 2.03. The van der Waals surface area contributed by atoms with Crippen molar-refractivity contribution in [1.29, 1.82) is 0 Å². The monoisotopic (exact) mass is 205 g/mol. The van der Waals surface area contributed by atoms with Crippen LogP contribution in [0.2, 0.25) is 0 Å². The average molecular weight is 205 g/mol. The molecule has 0 fully saturated rings. The summed E-state index contributed by atoms with van der Waals surface area (Å²) in [5, 5.41) is 0. The van der Waals surface area contributed by atoms with E-state index in [0.29, 0.717) is 6.61 Å². The third-order valence-corrected chi connectivity index (χ3v) is 2.69. The molecule has 0 aliphatic rings. The molecule has 0 aliphatic heterocycles. The van der Waals surface area contributed by atoms with Gasteiger partial charge in [-0.2, -0.15) is 0 Å². The SMILES string of the molecule is Cc1nc2cccc(CCON)c2n1C. The predicted octanol–water partition coefficient (Wildman–Crippen LogP) is 1.31. The molecule has 0 amide bonds. The molecular formula is C11H15N3O. The van der Waals surface area contributed by atoms with E-state index in [9.17, 15) is 0 Å². The zero-order valence-corrected chi connectivity index (χ0v) is 9.03. The zero-order chi connectivity index (χ0) is 10.8. The maximum Gasteiger partial charge on any atom is 0.106 e. The molecule has 1 aromatic heterocycles. The summed E-state index contributed by atoms with van der Waals surface area (Å²) < 4.78 is 2.10. The number of imidazole rings is 1.